The number of benzene rings is 2. The topological polar surface area (TPSA) is 78.9 Å². The molecule has 2 aromatic carbocycles. The van der Waals surface area contributed by atoms with Gasteiger partial charge in [-0.2, -0.15) is 0 Å². The number of hydrogen-bond donors (Lipinski definition) is 2. The molecule has 2 N–H and O–H groups in total. The van der Waals surface area contributed by atoms with Gasteiger partial charge in [0, 0.05) is 24.2 Å². The quantitative estimate of drug-likeness (QED) is 0.725. The number of carbonyl (C=O) groups is 2. The molecule has 29 heavy (non-hydrogen) atoms. The van der Waals surface area contributed by atoms with E-state index in [4.69, 9.17) is 4.74 Å². The number of β-amino-alcohol motifs (C(OH)–C–C–N with tert-alkyl or cyclic N) is 1. The summed E-state index contributed by atoms with van der Waals surface area (Å²) in [7, 11) is 0. The van der Waals surface area contributed by atoms with Crippen molar-refractivity contribution in [2.45, 2.75) is 44.9 Å². The number of likely N-dealkylation sites (tertiary alicyclic amines) is 1. The summed E-state index contributed by atoms with van der Waals surface area (Å²) in [5.74, 6) is 0.0506. The maximum Gasteiger partial charge on any atom is 0.410 e. The Hall–Kier alpha value is -2.86. The number of nitrogens with one attached hydrogen (secondary N) is 1. The first kappa shape index (κ1) is 20.9. The molecule has 2 unspecified atom stereocenters. The van der Waals surface area contributed by atoms with Crippen molar-refractivity contribution in [2.24, 2.45) is 0 Å². The Kier molecular flexibility index (Phi) is 6.54. The molecule has 0 aromatic heterocycles. The van der Waals surface area contributed by atoms with Gasteiger partial charge in [-0.1, -0.05) is 49.4 Å². The van der Waals surface area contributed by atoms with E-state index in [2.05, 4.69) is 5.32 Å². The zero-order valence-electron chi connectivity index (χ0n) is 16.9. The summed E-state index contributed by atoms with van der Waals surface area (Å²) in [6, 6.07) is 16.5. The van der Waals surface area contributed by atoms with Crippen molar-refractivity contribution >= 4 is 17.6 Å². The summed E-state index contributed by atoms with van der Waals surface area (Å²) < 4.78 is 5.39. The van der Waals surface area contributed by atoms with Crippen molar-refractivity contribution in [3.63, 3.8) is 0 Å². The Morgan fingerprint density at radius 1 is 1.17 bits per heavy atom. The molecule has 6 nitrogen and oxygen atoms in total. The SMILES string of the molecule is CCC(=O)c1ccccc1NC1CCN(C(=O)OCc2ccccc2)CC1(C)O. The van der Waals surface area contributed by atoms with Crippen molar-refractivity contribution in [2.75, 3.05) is 18.4 Å². The highest BCUT2D eigenvalue weighted by Gasteiger charge is 2.40. The largest absolute Gasteiger partial charge is 0.445 e. The van der Waals surface area contributed by atoms with Gasteiger partial charge in [0.25, 0.3) is 0 Å². The first-order valence-electron chi connectivity index (χ1n) is 9.97. The molecule has 1 aliphatic heterocycles. The van der Waals surface area contributed by atoms with Crippen LogP contribution in [-0.4, -0.2) is 46.6 Å². The van der Waals surface area contributed by atoms with Gasteiger partial charge in [0.2, 0.25) is 0 Å². The van der Waals surface area contributed by atoms with Crippen LogP contribution in [-0.2, 0) is 11.3 Å². The first-order chi connectivity index (χ1) is 13.9. The number of rotatable bonds is 6. The summed E-state index contributed by atoms with van der Waals surface area (Å²) in [6.07, 6.45) is 0.525. The average Bonchev–Trinajstić information content (AvgIpc) is 2.73. The maximum atomic E-state index is 12.4. The van der Waals surface area contributed by atoms with Crippen LogP contribution < -0.4 is 5.32 Å². The van der Waals surface area contributed by atoms with E-state index in [-0.39, 0.29) is 25.0 Å². The monoisotopic (exact) mass is 396 g/mol. The van der Waals surface area contributed by atoms with Crippen LogP contribution in [0.2, 0.25) is 0 Å². The van der Waals surface area contributed by atoms with Gasteiger partial charge in [0.15, 0.2) is 5.78 Å². The van der Waals surface area contributed by atoms with Crippen LogP contribution >= 0.6 is 0 Å². The van der Waals surface area contributed by atoms with E-state index < -0.39 is 11.7 Å². The molecule has 1 saturated heterocycles. The smallest absolute Gasteiger partial charge is 0.410 e. The second-order valence-electron chi connectivity index (χ2n) is 7.63. The molecule has 2 aromatic rings. The van der Waals surface area contributed by atoms with Crippen molar-refractivity contribution in [3.05, 3.63) is 65.7 Å². The van der Waals surface area contributed by atoms with Crippen LogP contribution in [0.1, 0.15) is 42.6 Å². The average molecular weight is 396 g/mol. The fourth-order valence-electron chi connectivity index (χ4n) is 3.60. The number of carbonyl (C=O) groups excluding carboxylic acids is 2. The minimum absolute atomic E-state index is 0.0506. The molecule has 0 aliphatic carbocycles. The Morgan fingerprint density at radius 2 is 1.86 bits per heavy atom. The number of para-hydroxylation sites is 1. The third-order valence-electron chi connectivity index (χ3n) is 5.29. The molecular weight excluding hydrogens is 368 g/mol. The number of anilines is 1. The standard InChI is InChI=1S/C23H28N2O4/c1-3-20(26)18-11-7-8-12-19(18)24-21-13-14-25(16-23(21,2)28)22(27)29-15-17-9-5-4-6-10-17/h4-12,21,24,28H,3,13-16H2,1-2H3. The van der Waals surface area contributed by atoms with Crippen molar-refractivity contribution < 1.29 is 19.4 Å². The molecular formula is C23H28N2O4. The van der Waals surface area contributed by atoms with Crippen LogP contribution in [0.15, 0.2) is 54.6 Å². The zero-order valence-corrected chi connectivity index (χ0v) is 16.9. The highest BCUT2D eigenvalue weighted by Crippen LogP contribution is 2.27. The van der Waals surface area contributed by atoms with Gasteiger partial charge < -0.3 is 20.1 Å². The molecule has 2 atom stereocenters. The van der Waals surface area contributed by atoms with E-state index in [0.717, 1.165) is 5.56 Å². The fourth-order valence-corrected chi connectivity index (χ4v) is 3.60. The third-order valence-corrected chi connectivity index (χ3v) is 5.29. The lowest BCUT2D eigenvalue weighted by Crippen LogP contribution is -2.59. The fraction of sp³-hybridized carbons (Fsp3) is 0.391. The predicted molar refractivity (Wildman–Crippen MR) is 112 cm³/mol. The molecule has 0 bridgehead atoms. The molecule has 0 radical (unpaired) electrons. The van der Waals surface area contributed by atoms with Crippen LogP contribution in [0, 0.1) is 0 Å². The Labute approximate surface area is 171 Å². The maximum absolute atomic E-state index is 12.4. The first-order valence-corrected chi connectivity index (χ1v) is 9.97. The lowest BCUT2D eigenvalue weighted by molar-refractivity contribution is -0.0259. The van der Waals surface area contributed by atoms with Gasteiger partial charge in [0.1, 0.15) is 6.61 Å². The number of ether oxygens (including phenoxy) is 1. The second kappa shape index (κ2) is 9.09. The minimum atomic E-state index is -1.16. The van der Waals surface area contributed by atoms with Crippen molar-refractivity contribution in [1.29, 1.82) is 0 Å². The summed E-state index contributed by atoms with van der Waals surface area (Å²) >= 11 is 0. The van der Waals surface area contributed by atoms with Gasteiger partial charge in [-0.25, -0.2) is 4.79 Å². The molecule has 6 heteroatoms. The van der Waals surface area contributed by atoms with E-state index in [1.165, 1.54) is 4.90 Å². The van der Waals surface area contributed by atoms with E-state index in [1.54, 1.807) is 13.0 Å². The summed E-state index contributed by atoms with van der Waals surface area (Å²) in [4.78, 5) is 26.2. The Balaban J connectivity index is 1.62. The Bertz CT molecular complexity index is 851. The van der Waals surface area contributed by atoms with Crippen LogP contribution in [0.5, 0.6) is 0 Å². The Morgan fingerprint density at radius 3 is 2.55 bits per heavy atom. The lowest BCUT2D eigenvalue weighted by atomic mass is 9.88. The van der Waals surface area contributed by atoms with E-state index >= 15 is 0 Å². The minimum Gasteiger partial charge on any atom is -0.445 e. The van der Waals surface area contributed by atoms with E-state index in [0.29, 0.717) is 30.6 Å². The molecule has 1 amide bonds. The number of hydrogen-bond acceptors (Lipinski definition) is 5. The van der Waals surface area contributed by atoms with Gasteiger partial charge in [-0.05, 0) is 31.0 Å². The number of aliphatic hydroxyl groups is 1. The van der Waals surface area contributed by atoms with Gasteiger partial charge in [0.05, 0.1) is 18.2 Å². The summed E-state index contributed by atoms with van der Waals surface area (Å²) in [6.45, 7) is 4.35. The van der Waals surface area contributed by atoms with Crippen molar-refractivity contribution in [1.82, 2.24) is 4.90 Å². The highest BCUT2D eigenvalue weighted by atomic mass is 16.6. The van der Waals surface area contributed by atoms with Gasteiger partial charge >= 0.3 is 6.09 Å². The van der Waals surface area contributed by atoms with Gasteiger partial charge in [-0.15, -0.1) is 0 Å². The second-order valence-corrected chi connectivity index (χ2v) is 7.63. The molecule has 0 spiro atoms. The van der Waals surface area contributed by atoms with Crippen molar-refractivity contribution in [3.8, 4) is 0 Å². The molecule has 1 heterocycles. The zero-order chi connectivity index (χ0) is 20.9. The molecule has 0 saturated carbocycles. The summed E-state index contributed by atoms with van der Waals surface area (Å²) in [5, 5.41) is 14.3. The number of nitrogens with zero attached hydrogens (tertiary/aromatic N) is 1. The highest BCUT2D eigenvalue weighted by molar-refractivity contribution is 6.01. The summed E-state index contributed by atoms with van der Waals surface area (Å²) in [5.41, 5.74) is 1.09. The van der Waals surface area contributed by atoms with E-state index in [9.17, 15) is 14.7 Å². The lowest BCUT2D eigenvalue weighted by Gasteiger charge is -2.43. The molecule has 1 aliphatic rings. The molecule has 154 valence electrons. The molecule has 1 fully saturated rings. The van der Waals surface area contributed by atoms with Crippen LogP contribution in [0.3, 0.4) is 0 Å². The van der Waals surface area contributed by atoms with Crippen LogP contribution in [0.25, 0.3) is 0 Å². The predicted octanol–water partition coefficient (Wildman–Crippen LogP) is 3.85. The van der Waals surface area contributed by atoms with Gasteiger partial charge in [-0.3, -0.25) is 4.79 Å². The number of ketones is 1. The number of piperidine rings is 1. The van der Waals surface area contributed by atoms with E-state index in [1.807, 2.05) is 55.5 Å². The number of amides is 1. The molecule has 3 rings (SSSR count). The number of Topliss-reactive ketones (excluding diaryl/α,β-unsaturated/α-hetero) is 1. The normalized spacial score (nSPS) is 21.5. The third kappa shape index (κ3) is 5.15. The van der Waals surface area contributed by atoms with Crippen LogP contribution in [0.4, 0.5) is 10.5 Å².